The number of benzene rings is 1. The number of carbonyl (C=O) groups is 1. The highest BCUT2D eigenvalue weighted by molar-refractivity contribution is 8.14. The zero-order valence-corrected chi connectivity index (χ0v) is 11.9. The molecule has 6 heteroatoms. The molecule has 5 nitrogen and oxygen atoms in total. The summed E-state index contributed by atoms with van der Waals surface area (Å²) < 4.78 is 4.68. The van der Waals surface area contributed by atoms with Crippen molar-refractivity contribution in [2.45, 2.75) is 12.5 Å². The third-order valence-corrected chi connectivity index (χ3v) is 4.41. The Morgan fingerprint density at radius 2 is 2.45 bits per heavy atom. The fraction of sp³-hybridized carbons (Fsp3) is 0.286. The van der Waals surface area contributed by atoms with Crippen LogP contribution in [0.4, 0.5) is 5.69 Å². The number of rotatable bonds is 3. The Morgan fingerprint density at radius 3 is 3.20 bits per heavy atom. The number of aliphatic imine (C=N–C) groups is 1. The molecule has 20 heavy (non-hydrogen) atoms. The second kappa shape index (κ2) is 5.20. The Labute approximate surface area is 120 Å². The standard InChI is InChI=1S/C14H15N3O2S/c1-19-12(18)6-9-7-20-14(16-9)11-5-8-3-2-4-10(15)13(8)17-11/h2-5,9,17H,6-7,15H2,1H3/t9-/m1/s1. The first-order valence-electron chi connectivity index (χ1n) is 6.32. The average Bonchev–Trinajstić information content (AvgIpc) is 3.05. The number of carbonyl (C=O) groups excluding carboxylic acids is 1. The highest BCUT2D eigenvalue weighted by atomic mass is 32.2. The van der Waals surface area contributed by atoms with Gasteiger partial charge in [-0.15, -0.1) is 11.8 Å². The summed E-state index contributed by atoms with van der Waals surface area (Å²) in [6.07, 6.45) is 0.329. The van der Waals surface area contributed by atoms with Crippen molar-refractivity contribution in [1.29, 1.82) is 0 Å². The maximum absolute atomic E-state index is 11.3. The lowest BCUT2D eigenvalue weighted by molar-refractivity contribution is -0.140. The molecular weight excluding hydrogens is 274 g/mol. The second-order valence-corrected chi connectivity index (χ2v) is 5.68. The molecule has 3 N–H and O–H groups in total. The minimum Gasteiger partial charge on any atom is -0.469 e. The number of thioether (sulfide) groups is 1. The number of methoxy groups -OCH3 is 1. The number of aromatic nitrogens is 1. The van der Waals surface area contributed by atoms with Gasteiger partial charge < -0.3 is 15.5 Å². The number of nitrogens with zero attached hydrogens (tertiary/aromatic N) is 1. The third-order valence-electron chi connectivity index (χ3n) is 3.26. The van der Waals surface area contributed by atoms with Gasteiger partial charge in [-0.1, -0.05) is 12.1 Å². The van der Waals surface area contributed by atoms with Gasteiger partial charge in [-0.2, -0.15) is 0 Å². The van der Waals surface area contributed by atoms with E-state index in [1.54, 1.807) is 11.8 Å². The molecule has 0 radical (unpaired) electrons. The van der Waals surface area contributed by atoms with Crippen molar-refractivity contribution < 1.29 is 9.53 Å². The van der Waals surface area contributed by atoms with E-state index in [9.17, 15) is 4.79 Å². The number of nitrogens with one attached hydrogen (secondary N) is 1. The van der Waals surface area contributed by atoms with Gasteiger partial charge in [-0.25, -0.2) is 0 Å². The van der Waals surface area contributed by atoms with E-state index in [-0.39, 0.29) is 12.0 Å². The van der Waals surface area contributed by atoms with Gasteiger partial charge in [0, 0.05) is 11.1 Å². The number of para-hydroxylation sites is 1. The van der Waals surface area contributed by atoms with E-state index in [0.29, 0.717) is 6.42 Å². The lowest BCUT2D eigenvalue weighted by atomic mass is 10.2. The van der Waals surface area contributed by atoms with E-state index in [0.717, 1.165) is 33.1 Å². The molecular formula is C14H15N3O2S. The predicted molar refractivity (Wildman–Crippen MR) is 82.1 cm³/mol. The Kier molecular flexibility index (Phi) is 3.40. The van der Waals surface area contributed by atoms with E-state index in [2.05, 4.69) is 14.7 Å². The minimum atomic E-state index is -0.221. The number of esters is 1. The zero-order valence-electron chi connectivity index (χ0n) is 11.1. The number of anilines is 1. The van der Waals surface area contributed by atoms with E-state index < -0.39 is 0 Å². The van der Waals surface area contributed by atoms with Gasteiger partial charge in [0.25, 0.3) is 0 Å². The van der Waals surface area contributed by atoms with Crippen molar-refractivity contribution in [3.63, 3.8) is 0 Å². The Hall–Kier alpha value is -1.95. The minimum absolute atomic E-state index is 0.00814. The summed E-state index contributed by atoms with van der Waals surface area (Å²) >= 11 is 1.65. The van der Waals surface area contributed by atoms with Crippen molar-refractivity contribution in [1.82, 2.24) is 4.98 Å². The molecule has 0 fully saturated rings. The third kappa shape index (κ3) is 2.38. The lowest BCUT2D eigenvalue weighted by Gasteiger charge is -2.02. The van der Waals surface area contributed by atoms with Crippen LogP contribution >= 0.6 is 11.8 Å². The summed E-state index contributed by atoms with van der Waals surface area (Å²) in [5, 5.41) is 1.99. The van der Waals surface area contributed by atoms with Crippen molar-refractivity contribution in [3.05, 3.63) is 30.0 Å². The molecule has 104 valence electrons. The van der Waals surface area contributed by atoms with Gasteiger partial charge in [0.2, 0.25) is 0 Å². The van der Waals surface area contributed by atoms with Crippen LogP contribution in [0.15, 0.2) is 29.3 Å². The van der Waals surface area contributed by atoms with Crippen LogP contribution < -0.4 is 5.73 Å². The number of hydrogen-bond acceptors (Lipinski definition) is 5. The molecule has 0 spiro atoms. The summed E-state index contributed by atoms with van der Waals surface area (Å²) in [4.78, 5) is 19.2. The second-order valence-electron chi connectivity index (χ2n) is 4.67. The molecule has 0 bridgehead atoms. The number of ether oxygens (including phenoxy) is 1. The first-order chi connectivity index (χ1) is 9.67. The molecule has 0 saturated carbocycles. The molecule has 0 amide bonds. The Balaban J connectivity index is 1.86. The Morgan fingerprint density at radius 1 is 1.60 bits per heavy atom. The van der Waals surface area contributed by atoms with Crippen LogP contribution in [0.25, 0.3) is 10.9 Å². The Bertz CT molecular complexity index is 693. The van der Waals surface area contributed by atoms with Gasteiger partial charge in [0.1, 0.15) is 5.04 Å². The zero-order chi connectivity index (χ0) is 14.1. The van der Waals surface area contributed by atoms with Gasteiger partial charge in [0.05, 0.1) is 36.5 Å². The van der Waals surface area contributed by atoms with E-state index >= 15 is 0 Å². The van der Waals surface area contributed by atoms with Crippen LogP contribution in [0.5, 0.6) is 0 Å². The largest absolute Gasteiger partial charge is 0.469 e. The summed E-state index contributed by atoms with van der Waals surface area (Å²) in [5.74, 6) is 0.580. The first kappa shape index (κ1) is 13.1. The molecule has 2 heterocycles. The van der Waals surface area contributed by atoms with E-state index in [4.69, 9.17) is 5.73 Å². The molecule has 0 aliphatic carbocycles. The normalized spacial score (nSPS) is 18.2. The maximum atomic E-state index is 11.3. The molecule has 3 rings (SSSR count). The van der Waals surface area contributed by atoms with E-state index in [1.165, 1.54) is 7.11 Å². The first-order valence-corrected chi connectivity index (χ1v) is 7.31. The number of nitrogens with two attached hydrogens (primary N) is 1. The van der Waals surface area contributed by atoms with Gasteiger partial charge >= 0.3 is 5.97 Å². The SMILES string of the molecule is COC(=O)C[C@@H]1CSC(c2cc3cccc(N)c3[nH]2)=N1. The molecule has 1 atom stereocenters. The number of hydrogen-bond donors (Lipinski definition) is 2. The van der Waals surface area contributed by atoms with Gasteiger partial charge in [0.15, 0.2) is 0 Å². The smallest absolute Gasteiger partial charge is 0.307 e. The highest BCUT2D eigenvalue weighted by Crippen LogP contribution is 2.28. The molecule has 2 aromatic rings. The quantitative estimate of drug-likeness (QED) is 0.670. The van der Waals surface area contributed by atoms with Gasteiger partial charge in [-0.05, 0) is 12.1 Å². The number of aromatic amines is 1. The van der Waals surface area contributed by atoms with Crippen molar-refractivity contribution in [2.75, 3.05) is 18.6 Å². The molecule has 1 aromatic heterocycles. The molecule has 0 unspecified atom stereocenters. The highest BCUT2D eigenvalue weighted by Gasteiger charge is 2.23. The van der Waals surface area contributed by atoms with Crippen molar-refractivity contribution >= 4 is 39.4 Å². The van der Waals surface area contributed by atoms with Crippen LogP contribution in [0, 0.1) is 0 Å². The van der Waals surface area contributed by atoms with Crippen molar-refractivity contribution in [3.8, 4) is 0 Å². The summed E-state index contributed by atoms with van der Waals surface area (Å²) in [7, 11) is 1.40. The number of nitrogen functional groups attached to an aromatic ring is 1. The van der Waals surface area contributed by atoms with Crippen molar-refractivity contribution in [2.24, 2.45) is 4.99 Å². The monoisotopic (exact) mass is 289 g/mol. The topological polar surface area (TPSA) is 80.5 Å². The van der Waals surface area contributed by atoms with Crippen LogP contribution in [0.2, 0.25) is 0 Å². The molecule has 1 aliphatic heterocycles. The maximum Gasteiger partial charge on any atom is 0.307 e. The fourth-order valence-electron chi connectivity index (χ4n) is 2.24. The molecule has 1 aliphatic rings. The van der Waals surface area contributed by atoms with Crippen LogP contribution in [0.3, 0.4) is 0 Å². The average molecular weight is 289 g/mol. The van der Waals surface area contributed by atoms with Crippen LogP contribution in [-0.2, 0) is 9.53 Å². The fourth-order valence-corrected chi connectivity index (χ4v) is 3.27. The molecule has 0 saturated heterocycles. The lowest BCUT2D eigenvalue weighted by Crippen LogP contribution is -2.12. The number of fused-ring (bicyclic) bond motifs is 1. The summed E-state index contributed by atoms with van der Waals surface area (Å²) in [6.45, 7) is 0. The predicted octanol–water partition coefficient (Wildman–Crippen LogP) is 2.18. The van der Waals surface area contributed by atoms with Crippen LogP contribution in [0.1, 0.15) is 12.1 Å². The summed E-state index contributed by atoms with van der Waals surface area (Å²) in [5.41, 5.74) is 8.55. The van der Waals surface area contributed by atoms with Crippen LogP contribution in [-0.4, -0.2) is 34.9 Å². The number of H-pyrrole nitrogens is 1. The van der Waals surface area contributed by atoms with Gasteiger partial charge in [-0.3, -0.25) is 9.79 Å². The summed E-state index contributed by atoms with van der Waals surface area (Å²) in [6, 6.07) is 7.84. The van der Waals surface area contributed by atoms with E-state index in [1.807, 2.05) is 24.3 Å². The molecule has 1 aromatic carbocycles.